The van der Waals surface area contributed by atoms with Gasteiger partial charge in [0.2, 0.25) is 11.7 Å². The van der Waals surface area contributed by atoms with Crippen LogP contribution in [-0.4, -0.2) is 57.0 Å². The first-order chi connectivity index (χ1) is 10.3. The van der Waals surface area contributed by atoms with Gasteiger partial charge in [-0.15, -0.1) is 0 Å². The highest BCUT2D eigenvalue weighted by atomic mass is 16.5. The Labute approximate surface area is 122 Å². The summed E-state index contributed by atoms with van der Waals surface area (Å²) < 4.78 is 10.6. The number of likely N-dealkylation sites (N-methyl/N-ethyl adjacent to an activating group) is 1. The minimum absolute atomic E-state index is 0.0220. The normalized spacial score (nSPS) is 22.0. The maximum atomic E-state index is 9.91. The molecule has 0 aromatic carbocycles. The average Bonchev–Trinajstić information content (AvgIpc) is 3.15. The number of ether oxygens (including phenoxy) is 1. The molecule has 1 fully saturated rings. The van der Waals surface area contributed by atoms with Gasteiger partial charge in [-0.2, -0.15) is 4.98 Å². The molecule has 112 valence electrons. The largest absolute Gasteiger partial charge is 0.389 e. The van der Waals surface area contributed by atoms with Gasteiger partial charge in [0.25, 0.3) is 0 Å². The van der Waals surface area contributed by atoms with Gasteiger partial charge in [0.1, 0.15) is 0 Å². The van der Waals surface area contributed by atoms with Crippen LogP contribution in [0.3, 0.4) is 0 Å². The summed E-state index contributed by atoms with van der Waals surface area (Å²) in [5.41, 5.74) is 0.868. The van der Waals surface area contributed by atoms with Crippen molar-refractivity contribution >= 4 is 0 Å². The number of rotatable bonds is 5. The molecule has 3 heterocycles. The van der Waals surface area contributed by atoms with Gasteiger partial charge in [-0.3, -0.25) is 9.88 Å². The average molecular weight is 290 g/mol. The fourth-order valence-corrected chi connectivity index (χ4v) is 2.46. The van der Waals surface area contributed by atoms with E-state index < -0.39 is 6.10 Å². The number of hydrogen-bond donors (Lipinski definition) is 1. The third-order valence-electron chi connectivity index (χ3n) is 3.64. The lowest BCUT2D eigenvalue weighted by molar-refractivity contribution is 0.0744. The van der Waals surface area contributed by atoms with Gasteiger partial charge in [-0.1, -0.05) is 12.1 Å². The molecule has 2 aromatic rings. The molecule has 21 heavy (non-hydrogen) atoms. The van der Waals surface area contributed by atoms with E-state index in [9.17, 15) is 5.11 Å². The van der Waals surface area contributed by atoms with Gasteiger partial charge in [0, 0.05) is 18.0 Å². The molecule has 7 nitrogen and oxygen atoms in total. The summed E-state index contributed by atoms with van der Waals surface area (Å²) in [7, 11) is 0. The number of nitrogens with zero attached hydrogens (tertiary/aromatic N) is 4. The first kappa shape index (κ1) is 14.1. The number of pyridine rings is 1. The minimum Gasteiger partial charge on any atom is -0.389 e. The van der Waals surface area contributed by atoms with E-state index in [1.165, 1.54) is 0 Å². The number of aromatic nitrogens is 3. The second-order valence-corrected chi connectivity index (χ2v) is 4.98. The molecule has 0 aliphatic carbocycles. The van der Waals surface area contributed by atoms with Crippen molar-refractivity contribution in [2.75, 3.05) is 19.8 Å². The fraction of sp³-hybridized carbons (Fsp3) is 0.500. The topological polar surface area (TPSA) is 84.5 Å². The van der Waals surface area contributed by atoms with Crippen molar-refractivity contribution in [1.82, 2.24) is 20.0 Å². The second-order valence-electron chi connectivity index (χ2n) is 4.98. The molecular formula is C14H18N4O3. The summed E-state index contributed by atoms with van der Waals surface area (Å²) in [5.74, 6) is 1.08. The Morgan fingerprint density at radius 2 is 2.14 bits per heavy atom. The van der Waals surface area contributed by atoms with Crippen molar-refractivity contribution in [3.8, 4) is 11.4 Å². The van der Waals surface area contributed by atoms with E-state index in [0.29, 0.717) is 31.5 Å². The molecule has 2 atom stereocenters. The molecule has 0 saturated carbocycles. The van der Waals surface area contributed by atoms with Crippen LogP contribution in [0.4, 0.5) is 0 Å². The lowest BCUT2D eigenvalue weighted by atomic mass is 10.2. The minimum atomic E-state index is -0.465. The standard InChI is InChI=1S/C14H18N4O3/c1-2-18(11-8-20-9-12(11)19)7-13-16-14(17-21-13)10-3-5-15-6-4-10/h3-6,11-12,19H,2,7-9H2,1H3/t11-,12-/m0/s1. The summed E-state index contributed by atoms with van der Waals surface area (Å²) in [6, 6.07) is 3.65. The molecule has 0 unspecified atom stereocenters. The Kier molecular flexibility index (Phi) is 4.23. The molecule has 0 bridgehead atoms. The van der Waals surface area contributed by atoms with Gasteiger partial charge in [-0.05, 0) is 18.7 Å². The highest BCUT2D eigenvalue weighted by Gasteiger charge is 2.31. The molecule has 0 amide bonds. The lowest BCUT2D eigenvalue weighted by Crippen LogP contribution is -2.42. The van der Waals surface area contributed by atoms with Crippen molar-refractivity contribution in [3.63, 3.8) is 0 Å². The summed E-state index contributed by atoms with van der Waals surface area (Å²) >= 11 is 0. The Hall–Kier alpha value is -1.83. The zero-order valence-corrected chi connectivity index (χ0v) is 11.8. The highest BCUT2D eigenvalue weighted by molar-refractivity contribution is 5.52. The molecule has 7 heteroatoms. The van der Waals surface area contributed by atoms with E-state index in [-0.39, 0.29) is 6.04 Å². The predicted octanol–water partition coefficient (Wildman–Crippen LogP) is 0.713. The third kappa shape index (κ3) is 3.10. The first-order valence-electron chi connectivity index (χ1n) is 7.00. The van der Waals surface area contributed by atoms with Crippen LogP contribution in [0.1, 0.15) is 12.8 Å². The van der Waals surface area contributed by atoms with Crippen LogP contribution in [0.25, 0.3) is 11.4 Å². The number of aliphatic hydroxyl groups excluding tert-OH is 1. The van der Waals surface area contributed by atoms with Gasteiger partial charge in [0.15, 0.2) is 0 Å². The Morgan fingerprint density at radius 1 is 1.33 bits per heavy atom. The van der Waals surface area contributed by atoms with Crippen molar-refractivity contribution in [2.45, 2.75) is 25.6 Å². The molecule has 0 spiro atoms. The number of aliphatic hydroxyl groups is 1. The maximum Gasteiger partial charge on any atom is 0.241 e. The molecule has 2 aromatic heterocycles. The summed E-state index contributed by atoms with van der Waals surface area (Å²) in [6.45, 7) is 4.22. The first-order valence-corrected chi connectivity index (χ1v) is 7.00. The Morgan fingerprint density at radius 3 is 2.81 bits per heavy atom. The van der Waals surface area contributed by atoms with Crippen molar-refractivity contribution in [2.24, 2.45) is 0 Å². The Bertz CT molecular complexity index is 575. The van der Waals surface area contributed by atoms with Crippen LogP contribution in [-0.2, 0) is 11.3 Å². The zero-order chi connectivity index (χ0) is 14.7. The van der Waals surface area contributed by atoms with Crippen LogP contribution in [0.5, 0.6) is 0 Å². The van der Waals surface area contributed by atoms with Crippen molar-refractivity contribution in [3.05, 3.63) is 30.4 Å². The van der Waals surface area contributed by atoms with Crippen molar-refractivity contribution in [1.29, 1.82) is 0 Å². The molecule has 1 aliphatic rings. The lowest BCUT2D eigenvalue weighted by Gasteiger charge is -2.26. The van der Waals surface area contributed by atoms with Gasteiger partial charge < -0.3 is 14.4 Å². The van der Waals surface area contributed by atoms with E-state index in [0.717, 1.165) is 12.1 Å². The summed E-state index contributed by atoms with van der Waals surface area (Å²) in [4.78, 5) is 10.4. The SMILES string of the molecule is CCN(Cc1nc(-c2ccncc2)no1)[C@H]1COC[C@@H]1O. The molecule has 1 N–H and O–H groups in total. The van der Waals surface area contributed by atoms with Crippen LogP contribution < -0.4 is 0 Å². The maximum absolute atomic E-state index is 9.91. The van der Waals surface area contributed by atoms with E-state index in [4.69, 9.17) is 9.26 Å². The molecule has 0 radical (unpaired) electrons. The Balaban J connectivity index is 1.71. The predicted molar refractivity (Wildman–Crippen MR) is 74.2 cm³/mol. The van der Waals surface area contributed by atoms with E-state index in [1.54, 1.807) is 12.4 Å². The van der Waals surface area contributed by atoms with Crippen LogP contribution in [0, 0.1) is 0 Å². The van der Waals surface area contributed by atoms with Gasteiger partial charge >= 0.3 is 0 Å². The smallest absolute Gasteiger partial charge is 0.241 e. The van der Waals surface area contributed by atoms with Gasteiger partial charge in [0.05, 0.1) is 31.9 Å². The van der Waals surface area contributed by atoms with Crippen molar-refractivity contribution < 1.29 is 14.4 Å². The van der Waals surface area contributed by atoms with Crippen LogP contribution in [0.2, 0.25) is 0 Å². The monoisotopic (exact) mass is 290 g/mol. The van der Waals surface area contributed by atoms with E-state index >= 15 is 0 Å². The van der Waals surface area contributed by atoms with E-state index in [1.807, 2.05) is 19.1 Å². The zero-order valence-electron chi connectivity index (χ0n) is 11.8. The summed E-state index contributed by atoms with van der Waals surface area (Å²) in [6.07, 6.45) is 2.92. The van der Waals surface area contributed by atoms with Crippen LogP contribution in [0.15, 0.2) is 29.0 Å². The molecule has 1 saturated heterocycles. The van der Waals surface area contributed by atoms with E-state index in [2.05, 4.69) is 20.0 Å². The molecular weight excluding hydrogens is 272 g/mol. The highest BCUT2D eigenvalue weighted by Crippen LogP contribution is 2.18. The summed E-state index contributed by atoms with van der Waals surface area (Å²) in [5, 5.41) is 13.9. The second kappa shape index (κ2) is 6.30. The molecule has 3 rings (SSSR count). The van der Waals surface area contributed by atoms with Crippen LogP contribution >= 0.6 is 0 Å². The fourth-order valence-electron chi connectivity index (χ4n) is 2.46. The number of hydrogen-bond acceptors (Lipinski definition) is 7. The van der Waals surface area contributed by atoms with Gasteiger partial charge in [-0.25, -0.2) is 0 Å². The third-order valence-corrected chi connectivity index (χ3v) is 3.64. The quantitative estimate of drug-likeness (QED) is 0.868. The molecule has 1 aliphatic heterocycles.